The number of aromatic amines is 1. The number of aryl methyl sites for hydroxylation is 5. The van der Waals surface area contributed by atoms with Gasteiger partial charge in [0.15, 0.2) is 12.4 Å². The summed E-state index contributed by atoms with van der Waals surface area (Å²) in [5, 5.41) is 3.07. The summed E-state index contributed by atoms with van der Waals surface area (Å²) in [5.74, 6) is -2.18. The van der Waals surface area contributed by atoms with Gasteiger partial charge in [0.2, 0.25) is 0 Å². The molecule has 2 amide bonds. The molecule has 37 heavy (non-hydrogen) atoms. The Kier molecular flexibility index (Phi) is 5.75. The van der Waals surface area contributed by atoms with Crippen LogP contribution in [-0.2, 0) is 9.59 Å². The van der Waals surface area contributed by atoms with Gasteiger partial charge in [-0.2, -0.15) is 4.57 Å². The number of hydrogen-bond donors (Lipinski definition) is 1. The van der Waals surface area contributed by atoms with Crippen LogP contribution in [0.25, 0.3) is 17.0 Å². The molecule has 1 aliphatic heterocycles. The van der Waals surface area contributed by atoms with Gasteiger partial charge in [-0.25, -0.2) is 14.0 Å². The number of carbonyl (C=O) groups is 2. The van der Waals surface area contributed by atoms with Crippen molar-refractivity contribution < 1.29 is 18.5 Å². The summed E-state index contributed by atoms with van der Waals surface area (Å²) in [7, 11) is 0. The van der Waals surface area contributed by atoms with Crippen molar-refractivity contribution in [2.24, 2.45) is 0 Å². The highest BCUT2D eigenvalue weighted by Crippen LogP contribution is 2.34. The van der Waals surface area contributed by atoms with Crippen LogP contribution >= 0.6 is 0 Å². The van der Waals surface area contributed by atoms with Crippen molar-refractivity contribution in [1.29, 1.82) is 0 Å². The molecule has 186 valence electrons. The number of hydrogen-bond acceptors (Lipinski definition) is 3. The molecular formula is C29H26FN4O3+. The van der Waals surface area contributed by atoms with E-state index in [-0.39, 0.29) is 22.5 Å². The Morgan fingerprint density at radius 3 is 2.11 bits per heavy atom. The van der Waals surface area contributed by atoms with Crippen molar-refractivity contribution >= 4 is 28.8 Å². The Bertz CT molecular complexity index is 1690. The standard InChI is InChI=1S/C29H25FN4O3/c1-16-10-11-22(19(4)13-16)34-28(36)24(20(5)31-34)25-26(32-14-17(2)12-18(3)15-32)29(37)33(27(25)35)23-9-7-6-8-21(23)30/h6-15H,1-5H3/p+1. The molecule has 0 aliphatic carbocycles. The number of nitrogens with one attached hydrogen (secondary N) is 1. The Morgan fingerprint density at radius 2 is 1.46 bits per heavy atom. The van der Waals surface area contributed by atoms with E-state index in [1.165, 1.54) is 22.9 Å². The summed E-state index contributed by atoms with van der Waals surface area (Å²) in [6.45, 7) is 9.27. The Morgan fingerprint density at radius 1 is 0.784 bits per heavy atom. The zero-order chi connectivity index (χ0) is 26.6. The summed E-state index contributed by atoms with van der Waals surface area (Å²) < 4.78 is 17.7. The average Bonchev–Trinajstić information content (AvgIpc) is 3.24. The predicted molar refractivity (Wildman–Crippen MR) is 139 cm³/mol. The number of amides is 2. The third-order valence-corrected chi connectivity index (χ3v) is 6.47. The lowest BCUT2D eigenvalue weighted by atomic mass is 10.0. The first kappa shape index (κ1) is 24.1. The monoisotopic (exact) mass is 497 g/mol. The van der Waals surface area contributed by atoms with Crippen molar-refractivity contribution in [1.82, 2.24) is 9.78 Å². The highest BCUT2D eigenvalue weighted by Gasteiger charge is 2.48. The molecule has 4 aromatic rings. The second kappa shape index (κ2) is 8.81. The highest BCUT2D eigenvalue weighted by atomic mass is 19.1. The van der Waals surface area contributed by atoms with Crippen molar-refractivity contribution in [3.63, 3.8) is 0 Å². The third-order valence-electron chi connectivity index (χ3n) is 6.47. The highest BCUT2D eigenvalue weighted by molar-refractivity contribution is 6.53. The maximum atomic E-state index is 14.8. The van der Waals surface area contributed by atoms with Gasteiger partial charge in [0.05, 0.1) is 16.9 Å². The number of para-hydroxylation sites is 1. The van der Waals surface area contributed by atoms with Gasteiger partial charge in [-0.1, -0.05) is 29.8 Å². The summed E-state index contributed by atoms with van der Waals surface area (Å²) in [6, 6.07) is 13.2. The minimum absolute atomic E-state index is 0.00738. The Labute approximate surface area is 213 Å². The first-order valence-electron chi connectivity index (χ1n) is 11.9. The lowest BCUT2D eigenvalue weighted by Crippen LogP contribution is -2.40. The van der Waals surface area contributed by atoms with Gasteiger partial charge in [0.25, 0.3) is 17.2 Å². The third kappa shape index (κ3) is 3.91. The number of anilines is 1. The van der Waals surface area contributed by atoms with E-state index in [0.717, 1.165) is 27.2 Å². The van der Waals surface area contributed by atoms with Crippen LogP contribution in [-0.4, -0.2) is 21.6 Å². The molecule has 3 heterocycles. The molecule has 1 aliphatic rings. The fourth-order valence-electron chi connectivity index (χ4n) is 4.94. The second-order valence-electron chi connectivity index (χ2n) is 9.46. The zero-order valence-electron chi connectivity index (χ0n) is 21.2. The van der Waals surface area contributed by atoms with Crippen LogP contribution in [0.2, 0.25) is 0 Å². The van der Waals surface area contributed by atoms with Gasteiger partial charge in [-0.05, 0) is 64.4 Å². The number of H-pyrrole nitrogens is 1. The maximum absolute atomic E-state index is 14.8. The molecule has 7 nitrogen and oxygen atoms in total. The number of pyridine rings is 1. The summed E-state index contributed by atoms with van der Waals surface area (Å²) in [5.41, 5.74) is 4.02. The van der Waals surface area contributed by atoms with Gasteiger partial charge in [-0.15, -0.1) is 0 Å². The average molecular weight is 498 g/mol. The quantitative estimate of drug-likeness (QED) is 0.341. The maximum Gasteiger partial charge on any atom is 0.331 e. The van der Waals surface area contributed by atoms with E-state index in [1.807, 2.05) is 52.0 Å². The first-order chi connectivity index (χ1) is 17.6. The molecule has 5 rings (SSSR count). The second-order valence-corrected chi connectivity index (χ2v) is 9.46. The van der Waals surface area contributed by atoms with E-state index in [2.05, 4.69) is 5.10 Å². The lowest BCUT2D eigenvalue weighted by Gasteiger charge is -2.14. The van der Waals surface area contributed by atoms with Gasteiger partial charge in [0.1, 0.15) is 11.4 Å². The topological polar surface area (TPSA) is 79.1 Å². The number of benzene rings is 2. The number of rotatable bonds is 4. The van der Waals surface area contributed by atoms with Gasteiger partial charge >= 0.3 is 5.91 Å². The molecule has 0 fully saturated rings. The molecule has 2 aromatic heterocycles. The smallest absolute Gasteiger partial charge is 0.295 e. The normalized spacial score (nSPS) is 13.7. The van der Waals surface area contributed by atoms with Crippen LogP contribution in [0.4, 0.5) is 10.1 Å². The lowest BCUT2D eigenvalue weighted by molar-refractivity contribution is -0.577. The number of imide groups is 1. The molecule has 0 saturated heterocycles. The van der Waals surface area contributed by atoms with E-state index >= 15 is 0 Å². The van der Waals surface area contributed by atoms with Crippen molar-refractivity contribution in [3.8, 4) is 5.69 Å². The predicted octanol–water partition coefficient (Wildman–Crippen LogP) is 4.08. The van der Waals surface area contributed by atoms with Crippen molar-refractivity contribution in [2.75, 3.05) is 4.90 Å². The summed E-state index contributed by atoms with van der Waals surface area (Å²) in [4.78, 5) is 42.3. The van der Waals surface area contributed by atoms with Crippen LogP contribution < -0.4 is 15.0 Å². The van der Waals surface area contributed by atoms with E-state index in [1.54, 1.807) is 30.0 Å². The molecule has 0 unspecified atom stereocenters. The fourth-order valence-corrected chi connectivity index (χ4v) is 4.94. The number of nitrogens with zero attached hydrogens (tertiary/aromatic N) is 3. The minimum atomic E-state index is -0.760. The minimum Gasteiger partial charge on any atom is -0.295 e. The van der Waals surface area contributed by atoms with E-state index < -0.39 is 23.2 Å². The van der Waals surface area contributed by atoms with Gasteiger partial charge in [-0.3, -0.25) is 19.5 Å². The summed E-state index contributed by atoms with van der Waals surface area (Å²) >= 11 is 0. The van der Waals surface area contributed by atoms with Crippen LogP contribution in [0, 0.1) is 40.4 Å². The van der Waals surface area contributed by atoms with E-state index in [0.29, 0.717) is 11.4 Å². The van der Waals surface area contributed by atoms with Gasteiger partial charge in [0, 0.05) is 16.8 Å². The van der Waals surface area contributed by atoms with Crippen molar-refractivity contribution in [2.45, 2.75) is 34.6 Å². The van der Waals surface area contributed by atoms with E-state index in [9.17, 15) is 18.8 Å². The van der Waals surface area contributed by atoms with Crippen LogP contribution in [0.15, 0.2) is 65.7 Å². The zero-order valence-corrected chi connectivity index (χ0v) is 21.2. The number of halogens is 1. The van der Waals surface area contributed by atoms with Gasteiger partial charge < -0.3 is 0 Å². The fraction of sp³-hybridized carbons (Fsp3) is 0.172. The molecule has 8 heteroatoms. The molecule has 0 saturated carbocycles. The molecular weight excluding hydrogens is 471 g/mol. The molecule has 0 bridgehead atoms. The Balaban J connectivity index is 1.80. The number of aromatic nitrogens is 3. The van der Waals surface area contributed by atoms with Crippen LogP contribution in [0.3, 0.4) is 0 Å². The van der Waals surface area contributed by atoms with Crippen molar-refractivity contribution in [3.05, 3.63) is 111 Å². The molecule has 0 atom stereocenters. The first-order valence-corrected chi connectivity index (χ1v) is 11.9. The van der Waals surface area contributed by atoms with E-state index in [4.69, 9.17) is 0 Å². The molecule has 0 spiro atoms. The SMILES string of the molecule is Cc1ccc(-n2[nH]c(C)c(C3=C([n+]4cc(C)cc(C)c4)C(=O)N(c4ccccc4F)C3=O)c2=O)c(C)c1. The number of carbonyl (C=O) groups excluding carboxylic acids is 2. The van der Waals surface area contributed by atoms with Crippen LogP contribution in [0.5, 0.6) is 0 Å². The summed E-state index contributed by atoms with van der Waals surface area (Å²) in [6.07, 6.45) is 3.42. The molecule has 0 radical (unpaired) electrons. The largest absolute Gasteiger partial charge is 0.331 e. The van der Waals surface area contributed by atoms with Crippen LogP contribution in [0.1, 0.15) is 33.5 Å². The molecule has 2 aromatic carbocycles. The Hall–Kier alpha value is -4.59. The molecule has 1 N–H and O–H groups in total.